The van der Waals surface area contributed by atoms with E-state index in [0.717, 1.165) is 45.0 Å². The van der Waals surface area contributed by atoms with Crippen molar-refractivity contribution in [2.45, 2.75) is 32.1 Å². The Morgan fingerprint density at radius 2 is 1.81 bits per heavy atom. The van der Waals surface area contributed by atoms with Crippen molar-refractivity contribution in [2.24, 2.45) is 5.41 Å². The van der Waals surface area contributed by atoms with Gasteiger partial charge < -0.3 is 19.7 Å². The Morgan fingerprint density at radius 1 is 1.12 bits per heavy atom. The van der Waals surface area contributed by atoms with Gasteiger partial charge in [-0.2, -0.15) is 0 Å². The minimum Gasteiger partial charge on any atom is -0.349 e. The van der Waals surface area contributed by atoms with Crippen LogP contribution in [0.15, 0.2) is 12.4 Å². The zero-order chi connectivity index (χ0) is 18.1. The first-order valence-corrected chi connectivity index (χ1v) is 9.36. The number of aryl methyl sites for hydroxylation is 1. The van der Waals surface area contributed by atoms with E-state index in [1.807, 2.05) is 9.80 Å². The van der Waals surface area contributed by atoms with E-state index >= 15 is 0 Å². The first kappa shape index (κ1) is 17.1. The maximum atomic E-state index is 12.3. The SMILES string of the molecule is O=C1CCCN1CCC(=O)N1CC2(CN(C(=O)CCc3ncc[nH]3)C2)C1. The fraction of sp³-hybridized carbons (Fsp3) is 0.667. The van der Waals surface area contributed by atoms with Crippen molar-refractivity contribution < 1.29 is 14.4 Å². The van der Waals surface area contributed by atoms with Gasteiger partial charge in [-0.15, -0.1) is 0 Å². The van der Waals surface area contributed by atoms with Crippen molar-refractivity contribution in [2.75, 3.05) is 39.3 Å². The predicted molar refractivity (Wildman–Crippen MR) is 92.9 cm³/mol. The van der Waals surface area contributed by atoms with E-state index in [9.17, 15) is 14.4 Å². The molecule has 140 valence electrons. The van der Waals surface area contributed by atoms with Crippen molar-refractivity contribution in [3.63, 3.8) is 0 Å². The number of amides is 3. The number of aromatic nitrogens is 2. The van der Waals surface area contributed by atoms with Crippen LogP contribution >= 0.6 is 0 Å². The Balaban J connectivity index is 1.14. The van der Waals surface area contributed by atoms with Gasteiger partial charge in [0.15, 0.2) is 0 Å². The molecule has 3 fully saturated rings. The molecule has 1 aromatic heterocycles. The minimum atomic E-state index is 0.111. The lowest BCUT2D eigenvalue weighted by molar-refractivity contribution is -0.168. The second-order valence-corrected chi connectivity index (χ2v) is 7.77. The van der Waals surface area contributed by atoms with Crippen LogP contribution in [0.1, 0.15) is 31.5 Å². The third kappa shape index (κ3) is 3.32. The molecule has 3 aliphatic rings. The predicted octanol–water partition coefficient (Wildman–Crippen LogP) is 0.0256. The topological polar surface area (TPSA) is 89.6 Å². The highest BCUT2D eigenvalue weighted by Gasteiger charge is 2.54. The zero-order valence-corrected chi connectivity index (χ0v) is 14.9. The molecular formula is C18H25N5O3. The number of nitrogens with one attached hydrogen (secondary N) is 1. The average molecular weight is 359 g/mol. The summed E-state index contributed by atoms with van der Waals surface area (Å²) in [4.78, 5) is 48.7. The van der Waals surface area contributed by atoms with Gasteiger partial charge in [-0.05, 0) is 6.42 Å². The third-order valence-electron chi connectivity index (χ3n) is 5.71. The molecule has 0 atom stereocenters. The number of carbonyl (C=O) groups excluding carboxylic acids is 3. The normalized spacial score (nSPS) is 21.1. The second kappa shape index (κ2) is 6.74. The molecule has 3 saturated heterocycles. The first-order chi connectivity index (χ1) is 12.5. The van der Waals surface area contributed by atoms with Crippen LogP contribution in [0.4, 0.5) is 0 Å². The number of nitrogens with zero attached hydrogens (tertiary/aromatic N) is 4. The summed E-state index contributed by atoms with van der Waals surface area (Å²) in [7, 11) is 0. The van der Waals surface area contributed by atoms with Gasteiger partial charge in [0.25, 0.3) is 0 Å². The molecular weight excluding hydrogens is 334 g/mol. The fourth-order valence-corrected chi connectivity index (χ4v) is 4.23. The van der Waals surface area contributed by atoms with Crippen LogP contribution in [0.3, 0.4) is 0 Å². The summed E-state index contributed by atoms with van der Waals surface area (Å²) in [6.45, 7) is 4.30. The van der Waals surface area contributed by atoms with Crippen molar-refractivity contribution in [3.8, 4) is 0 Å². The Morgan fingerprint density at radius 3 is 2.38 bits per heavy atom. The van der Waals surface area contributed by atoms with Crippen LogP contribution in [-0.2, 0) is 20.8 Å². The van der Waals surface area contributed by atoms with Crippen LogP contribution in [-0.4, -0.2) is 81.7 Å². The fourth-order valence-electron chi connectivity index (χ4n) is 4.23. The van der Waals surface area contributed by atoms with Crippen LogP contribution in [0.2, 0.25) is 0 Å². The van der Waals surface area contributed by atoms with Gasteiger partial charge in [-0.3, -0.25) is 14.4 Å². The quantitative estimate of drug-likeness (QED) is 0.776. The van der Waals surface area contributed by atoms with Crippen LogP contribution < -0.4 is 0 Å². The zero-order valence-electron chi connectivity index (χ0n) is 14.9. The number of hydrogen-bond donors (Lipinski definition) is 1. The number of imidazole rings is 1. The summed E-state index contributed by atoms with van der Waals surface area (Å²) < 4.78 is 0. The molecule has 0 radical (unpaired) electrons. The molecule has 1 aromatic rings. The standard InChI is InChI=1S/C18H25N5O3/c24-15-2-1-8-21(15)9-5-17(26)23-12-18(13-23)10-22(11-18)16(25)4-3-14-19-6-7-20-14/h6-7H,1-5,8-13H2,(H,19,20). The summed E-state index contributed by atoms with van der Waals surface area (Å²) in [6, 6.07) is 0. The van der Waals surface area contributed by atoms with Crippen LogP contribution in [0, 0.1) is 5.41 Å². The molecule has 26 heavy (non-hydrogen) atoms. The molecule has 0 saturated carbocycles. The van der Waals surface area contributed by atoms with E-state index in [0.29, 0.717) is 32.2 Å². The number of hydrogen-bond acceptors (Lipinski definition) is 4. The molecule has 0 aliphatic carbocycles. The van der Waals surface area contributed by atoms with Crippen molar-refractivity contribution in [1.82, 2.24) is 24.7 Å². The van der Waals surface area contributed by atoms with Crippen molar-refractivity contribution >= 4 is 17.7 Å². The largest absolute Gasteiger partial charge is 0.349 e. The highest BCUT2D eigenvalue weighted by molar-refractivity contribution is 5.81. The molecule has 4 rings (SSSR count). The van der Waals surface area contributed by atoms with Gasteiger partial charge in [0.1, 0.15) is 5.82 Å². The molecule has 0 aromatic carbocycles. The smallest absolute Gasteiger partial charge is 0.224 e. The maximum absolute atomic E-state index is 12.3. The summed E-state index contributed by atoms with van der Waals surface area (Å²) >= 11 is 0. The van der Waals surface area contributed by atoms with E-state index in [4.69, 9.17) is 0 Å². The van der Waals surface area contributed by atoms with E-state index in [2.05, 4.69) is 9.97 Å². The van der Waals surface area contributed by atoms with Crippen molar-refractivity contribution in [3.05, 3.63) is 18.2 Å². The highest BCUT2D eigenvalue weighted by Crippen LogP contribution is 2.40. The number of rotatable bonds is 6. The molecule has 0 unspecified atom stereocenters. The minimum absolute atomic E-state index is 0.111. The van der Waals surface area contributed by atoms with Gasteiger partial charge in [-0.25, -0.2) is 4.98 Å². The first-order valence-electron chi connectivity index (χ1n) is 9.36. The molecule has 8 heteroatoms. The van der Waals surface area contributed by atoms with E-state index in [1.54, 1.807) is 17.3 Å². The summed E-state index contributed by atoms with van der Waals surface area (Å²) in [5.41, 5.74) is 0.111. The Kier molecular flexibility index (Phi) is 4.42. The third-order valence-corrected chi connectivity index (χ3v) is 5.71. The van der Waals surface area contributed by atoms with E-state index in [-0.39, 0.29) is 23.1 Å². The number of carbonyl (C=O) groups is 3. The number of H-pyrrole nitrogens is 1. The maximum Gasteiger partial charge on any atom is 0.224 e. The van der Waals surface area contributed by atoms with Crippen LogP contribution in [0.5, 0.6) is 0 Å². The molecule has 4 heterocycles. The average Bonchev–Trinajstić information content (AvgIpc) is 3.19. The Labute approximate surface area is 152 Å². The lowest BCUT2D eigenvalue weighted by Crippen LogP contribution is -2.73. The summed E-state index contributed by atoms with van der Waals surface area (Å²) in [5, 5.41) is 0. The Bertz CT molecular complexity index is 688. The van der Waals surface area contributed by atoms with Crippen LogP contribution in [0.25, 0.3) is 0 Å². The van der Waals surface area contributed by atoms with Gasteiger partial charge in [0.05, 0.1) is 0 Å². The number of likely N-dealkylation sites (tertiary alicyclic amines) is 3. The molecule has 3 aliphatic heterocycles. The second-order valence-electron chi connectivity index (χ2n) is 7.77. The lowest BCUT2D eigenvalue weighted by Gasteiger charge is -2.60. The number of aromatic amines is 1. The molecule has 8 nitrogen and oxygen atoms in total. The molecule has 0 bridgehead atoms. The van der Waals surface area contributed by atoms with Gasteiger partial charge in [0.2, 0.25) is 17.7 Å². The van der Waals surface area contributed by atoms with Gasteiger partial charge in [-0.1, -0.05) is 0 Å². The Hall–Kier alpha value is -2.38. The highest BCUT2D eigenvalue weighted by atomic mass is 16.2. The van der Waals surface area contributed by atoms with E-state index < -0.39 is 0 Å². The molecule has 3 amide bonds. The van der Waals surface area contributed by atoms with Crippen molar-refractivity contribution in [1.29, 1.82) is 0 Å². The van der Waals surface area contributed by atoms with E-state index in [1.165, 1.54) is 0 Å². The molecule has 1 N–H and O–H groups in total. The molecule has 1 spiro atoms. The van der Waals surface area contributed by atoms with Gasteiger partial charge >= 0.3 is 0 Å². The lowest BCUT2D eigenvalue weighted by atomic mass is 9.72. The summed E-state index contributed by atoms with van der Waals surface area (Å²) in [5.74, 6) is 1.29. The van der Waals surface area contributed by atoms with Gasteiger partial charge in [0, 0.05) is 82.8 Å². The summed E-state index contributed by atoms with van der Waals surface area (Å²) in [6.07, 6.45) is 6.49. The monoisotopic (exact) mass is 359 g/mol.